The van der Waals surface area contributed by atoms with Crippen molar-refractivity contribution < 1.29 is 14.0 Å². The molecule has 0 radical (unpaired) electrons. The number of aryl methyl sites for hydroxylation is 2. The van der Waals surface area contributed by atoms with E-state index in [0.29, 0.717) is 22.7 Å². The molecule has 0 fully saturated rings. The highest BCUT2D eigenvalue weighted by Crippen LogP contribution is 2.26. The van der Waals surface area contributed by atoms with Crippen molar-refractivity contribution in [2.24, 2.45) is 5.92 Å². The topological polar surface area (TPSA) is 102 Å². The second kappa shape index (κ2) is 10.9. The van der Waals surface area contributed by atoms with Crippen LogP contribution in [0.5, 0.6) is 0 Å². The van der Waals surface area contributed by atoms with Gasteiger partial charge in [-0.05, 0) is 38.8 Å². The maximum absolute atomic E-state index is 14.1. The number of carbonyl (C=O) groups is 2. The summed E-state index contributed by atoms with van der Waals surface area (Å²) in [6, 6.07) is 5.37. The standard InChI is InChI=1S/C22H27FN6O2S2/c1-6-29-19(18(12(2)3)26-20(31)15-9-7-8-10-16(15)23)27-28-22(29)32-11-17(30)25-21-24-13(4)14(5)33-21/h7-10,12,18H,6,11H2,1-5H3,(H,26,31)(H,24,25,30). The third-order valence-corrected chi connectivity index (χ3v) is 6.97. The van der Waals surface area contributed by atoms with Gasteiger partial charge in [0, 0.05) is 11.4 Å². The number of hydrogen-bond donors (Lipinski definition) is 2. The van der Waals surface area contributed by atoms with Gasteiger partial charge >= 0.3 is 0 Å². The largest absolute Gasteiger partial charge is 0.342 e. The molecule has 176 valence electrons. The molecule has 33 heavy (non-hydrogen) atoms. The van der Waals surface area contributed by atoms with Gasteiger partial charge in [0.1, 0.15) is 5.82 Å². The number of aromatic nitrogens is 4. The van der Waals surface area contributed by atoms with Crippen molar-refractivity contribution >= 4 is 40.0 Å². The minimum atomic E-state index is -0.581. The molecule has 3 rings (SSSR count). The molecule has 8 nitrogen and oxygen atoms in total. The number of carbonyl (C=O) groups excluding carboxylic acids is 2. The van der Waals surface area contributed by atoms with Crippen LogP contribution in [0.2, 0.25) is 0 Å². The number of thioether (sulfide) groups is 1. The van der Waals surface area contributed by atoms with E-state index in [9.17, 15) is 14.0 Å². The summed E-state index contributed by atoms with van der Waals surface area (Å²) >= 11 is 2.69. The Bertz CT molecular complexity index is 1120. The second-order valence-corrected chi connectivity index (χ2v) is 9.90. The molecule has 0 saturated heterocycles. The van der Waals surface area contributed by atoms with E-state index in [4.69, 9.17) is 0 Å². The molecule has 0 spiro atoms. The Morgan fingerprint density at radius 2 is 1.94 bits per heavy atom. The molecule has 3 aromatic rings. The second-order valence-electron chi connectivity index (χ2n) is 7.76. The van der Waals surface area contributed by atoms with Crippen molar-refractivity contribution in [1.29, 1.82) is 0 Å². The first kappa shape index (κ1) is 24.8. The van der Waals surface area contributed by atoms with Crippen LogP contribution in [0.15, 0.2) is 29.4 Å². The smallest absolute Gasteiger partial charge is 0.254 e. The molecule has 1 aromatic carbocycles. The number of nitrogens with one attached hydrogen (secondary N) is 2. The Balaban J connectivity index is 1.72. The minimum absolute atomic E-state index is 0.0206. The highest BCUT2D eigenvalue weighted by Gasteiger charge is 2.27. The molecule has 0 saturated carbocycles. The Labute approximate surface area is 200 Å². The average Bonchev–Trinajstić information content (AvgIpc) is 3.32. The van der Waals surface area contributed by atoms with Crippen molar-refractivity contribution in [3.63, 3.8) is 0 Å². The zero-order valence-corrected chi connectivity index (χ0v) is 20.8. The zero-order chi connectivity index (χ0) is 24.1. The summed E-state index contributed by atoms with van der Waals surface area (Å²) < 4.78 is 15.9. The van der Waals surface area contributed by atoms with Crippen LogP contribution in [-0.4, -0.2) is 37.3 Å². The molecule has 0 aliphatic rings. The van der Waals surface area contributed by atoms with Crippen LogP contribution in [0, 0.1) is 25.6 Å². The molecular formula is C22H27FN6O2S2. The zero-order valence-electron chi connectivity index (χ0n) is 19.2. The van der Waals surface area contributed by atoms with E-state index in [1.54, 1.807) is 6.07 Å². The van der Waals surface area contributed by atoms with Crippen LogP contribution >= 0.6 is 23.1 Å². The van der Waals surface area contributed by atoms with Crippen LogP contribution in [0.1, 0.15) is 53.6 Å². The van der Waals surface area contributed by atoms with Crippen molar-refractivity contribution in [2.45, 2.75) is 52.4 Å². The third kappa shape index (κ3) is 5.97. The number of rotatable bonds is 9. The van der Waals surface area contributed by atoms with Crippen LogP contribution in [0.25, 0.3) is 0 Å². The van der Waals surface area contributed by atoms with Crippen molar-refractivity contribution in [1.82, 2.24) is 25.1 Å². The lowest BCUT2D eigenvalue weighted by atomic mass is 10.0. The average molecular weight is 491 g/mol. The molecule has 0 aliphatic carbocycles. The molecule has 1 unspecified atom stereocenters. The van der Waals surface area contributed by atoms with E-state index in [1.807, 2.05) is 39.2 Å². The van der Waals surface area contributed by atoms with Crippen molar-refractivity contribution in [3.05, 3.63) is 52.0 Å². The van der Waals surface area contributed by atoms with Gasteiger partial charge in [-0.15, -0.1) is 21.5 Å². The minimum Gasteiger partial charge on any atom is -0.342 e. The van der Waals surface area contributed by atoms with E-state index in [2.05, 4.69) is 25.8 Å². The lowest BCUT2D eigenvalue weighted by Crippen LogP contribution is -2.34. The van der Waals surface area contributed by atoms with E-state index < -0.39 is 17.8 Å². The number of thiazole rings is 1. The van der Waals surface area contributed by atoms with E-state index in [0.717, 1.165) is 10.6 Å². The number of anilines is 1. The number of halogens is 1. The number of benzene rings is 1. The van der Waals surface area contributed by atoms with Gasteiger partial charge in [-0.2, -0.15) is 0 Å². The molecule has 11 heteroatoms. The van der Waals surface area contributed by atoms with E-state index >= 15 is 0 Å². The Morgan fingerprint density at radius 1 is 1.21 bits per heavy atom. The molecule has 2 heterocycles. The van der Waals surface area contributed by atoms with Gasteiger partial charge in [-0.3, -0.25) is 9.59 Å². The predicted octanol–water partition coefficient (Wildman–Crippen LogP) is 4.37. The molecule has 2 amide bonds. The first-order chi connectivity index (χ1) is 15.7. The Kier molecular flexibility index (Phi) is 8.20. The Morgan fingerprint density at radius 3 is 2.55 bits per heavy atom. The van der Waals surface area contributed by atoms with Gasteiger partial charge < -0.3 is 15.2 Å². The van der Waals surface area contributed by atoms with Crippen molar-refractivity contribution in [2.75, 3.05) is 11.1 Å². The molecule has 2 aromatic heterocycles. The van der Waals surface area contributed by atoms with Gasteiger partial charge in [0.05, 0.1) is 23.1 Å². The predicted molar refractivity (Wildman–Crippen MR) is 128 cm³/mol. The summed E-state index contributed by atoms with van der Waals surface area (Å²) in [6.45, 7) is 10.2. The van der Waals surface area contributed by atoms with Crippen LogP contribution < -0.4 is 10.6 Å². The third-order valence-electron chi connectivity index (χ3n) is 5.02. The fourth-order valence-corrected chi connectivity index (χ4v) is 4.78. The molecule has 2 N–H and O–H groups in total. The summed E-state index contributed by atoms with van der Waals surface area (Å²) in [5, 5.41) is 15.4. The lowest BCUT2D eigenvalue weighted by Gasteiger charge is -2.22. The summed E-state index contributed by atoms with van der Waals surface area (Å²) in [5.41, 5.74) is 0.875. The summed E-state index contributed by atoms with van der Waals surface area (Å²) in [6.07, 6.45) is 0. The van der Waals surface area contributed by atoms with Crippen LogP contribution in [0.4, 0.5) is 9.52 Å². The molecule has 1 atom stereocenters. The first-order valence-electron chi connectivity index (χ1n) is 10.6. The van der Waals surface area contributed by atoms with Gasteiger partial charge in [0.2, 0.25) is 5.91 Å². The SMILES string of the molecule is CCn1c(SCC(=O)Nc2nc(C)c(C)s2)nnc1C(NC(=O)c1ccccc1F)C(C)C. The monoisotopic (exact) mass is 490 g/mol. The summed E-state index contributed by atoms with van der Waals surface area (Å²) in [7, 11) is 0. The van der Waals surface area contributed by atoms with E-state index in [-0.39, 0.29) is 23.1 Å². The lowest BCUT2D eigenvalue weighted by molar-refractivity contribution is -0.113. The normalized spacial score (nSPS) is 12.1. The van der Waals surface area contributed by atoms with Crippen LogP contribution in [0.3, 0.4) is 0 Å². The van der Waals surface area contributed by atoms with Gasteiger partial charge in [-0.1, -0.05) is 37.7 Å². The fourth-order valence-electron chi connectivity index (χ4n) is 3.14. The van der Waals surface area contributed by atoms with E-state index in [1.165, 1.54) is 41.3 Å². The van der Waals surface area contributed by atoms with Crippen LogP contribution in [-0.2, 0) is 11.3 Å². The van der Waals surface area contributed by atoms with Gasteiger partial charge in [0.15, 0.2) is 16.1 Å². The maximum Gasteiger partial charge on any atom is 0.254 e. The quantitative estimate of drug-likeness (QED) is 0.432. The van der Waals surface area contributed by atoms with Crippen molar-refractivity contribution in [3.8, 4) is 0 Å². The first-order valence-corrected chi connectivity index (χ1v) is 12.4. The fraction of sp³-hybridized carbons (Fsp3) is 0.409. The molecular weight excluding hydrogens is 463 g/mol. The van der Waals surface area contributed by atoms with Gasteiger partial charge in [0.25, 0.3) is 5.91 Å². The number of amides is 2. The Hall–Kier alpha value is -2.79. The molecule has 0 bridgehead atoms. The maximum atomic E-state index is 14.1. The number of nitrogens with zero attached hydrogens (tertiary/aromatic N) is 4. The highest BCUT2D eigenvalue weighted by molar-refractivity contribution is 7.99. The highest BCUT2D eigenvalue weighted by atomic mass is 32.2. The summed E-state index contributed by atoms with van der Waals surface area (Å²) in [4.78, 5) is 30.5. The van der Waals surface area contributed by atoms with Gasteiger partial charge in [-0.25, -0.2) is 9.37 Å². The number of hydrogen-bond acceptors (Lipinski definition) is 7. The molecule has 0 aliphatic heterocycles. The summed E-state index contributed by atoms with van der Waals surface area (Å²) in [5.74, 6) is -0.598.